The number of piperidine rings is 1. The summed E-state index contributed by atoms with van der Waals surface area (Å²) in [5.41, 5.74) is 0.412. The third-order valence-electron chi connectivity index (χ3n) is 3.66. The molecule has 0 amide bonds. The average Bonchev–Trinajstić information content (AvgIpc) is 2.28. The Hall–Kier alpha value is -0.830. The maximum Gasteiger partial charge on any atom is 0.134 e. The van der Waals surface area contributed by atoms with E-state index in [-0.39, 0.29) is 0 Å². The van der Waals surface area contributed by atoms with Crippen LogP contribution in [-0.2, 0) is 0 Å². The number of anilines is 1. The van der Waals surface area contributed by atoms with Gasteiger partial charge >= 0.3 is 0 Å². The van der Waals surface area contributed by atoms with E-state index in [2.05, 4.69) is 35.6 Å². The Morgan fingerprint density at radius 1 is 1.24 bits per heavy atom. The summed E-state index contributed by atoms with van der Waals surface area (Å²) in [5.74, 6) is 1.76. The van der Waals surface area contributed by atoms with Gasteiger partial charge < -0.3 is 4.90 Å². The predicted octanol–water partition coefficient (Wildman–Crippen LogP) is 3.39. The van der Waals surface area contributed by atoms with Gasteiger partial charge in [-0.25, -0.2) is 9.97 Å². The Balaban J connectivity index is 2.00. The fourth-order valence-electron chi connectivity index (χ4n) is 2.47. The molecule has 0 aromatic carbocycles. The van der Waals surface area contributed by atoms with Crippen LogP contribution in [0, 0.1) is 11.3 Å². The van der Waals surface area contributed by atoms with E-state index in [0.717, 1.165) is 24.8 Å². The van der Waals surface area contributed by atoms with Gasteiger partial charge in [0, 0.05) is 19.2 Å². The van der Waals surface area contributed by atoms with E-state index in [4.69, 9.17) is 11.6 Å². The molecular formula is C13H20ClN3. The molecule has 0 saturated carbocycles. The highest BCUT2D eigenvalue weighted by Crippen LogP contribution is 2.35. The summed E-state index contributed by atoms with van der Waals surface area (Å²) in [6.07, 6.45) is 3.99. The molecule has 94 valence electrons. The SMILES string of the molecule is CC(C)(C)C1CCN(c2cc(Cl)ncn2)CC1. The molecule has 3 nitrogen and oxygen atoms in total. The van der Waals surface area contributed by atoms with Gasteiger partial charge in [-0.15, -0.1) is 0 Å². The molecule has 1 fully saturated rings. The molecular weight excluding hydrogens is 234 g/mol. The van der Waals surface area contributed by atoms with Gasteiger partial charge in [-0.1, -0.05) is 32.4 Å². The predicted molar refractivity (Wildman–Crippen MR) is 71.4 cm³/mol. The van der Waals surface area contributed by atoms with Crippen LogP contribution in [0.3, 0.4) is 0 Å². The maximum absolute atomic E-state index is 5.89. The van der Waals surface area contributed by atoms with Crippen LogP contribution in [0.5, 0.6) is 0 Å². The summed E-state index contributed by atoms with van der Waals surface area (Å²) in [5, 5.41) is 0.521. The summed E-state index contributed by atoms with van der Waals surface area (Å²) >= 11 is 5.89. The second-order valence-electron chi connectivity index (χ2n) is 5.83. The molecule has 1 aliphatic heterocycles. The second kappa shape index (κ2) is 4.81. The largest absolute Gasteiger partial charge is 0.356 e. The molecule has 2 heterocycles. The smallest absolute Gasteiger partial charge is 0.134 e. The minimum Gasteiger partial charge on any atom is -0.356 e. The fraction of sp³-hybridized carbons (Fsp3) is 0.692. The van der Waals surface area contributed by atoms with Crippen LogP contribution in [0.15, 0.2) is 12.4 Å². The van der Waals surface area contributed by atoms with Gasteiger partial charge in [-0.2, -0.15) is 0 Å². The molecule has 1 aromatic heterocycles. The van der Waals surface area contributed by atoms with Gasteiger partial charge in [0.15, 0.2) is 0 Å². The van der Waals surface area contributed by atoms with Crippen molar-refractivity contribution in [1.82, 2.24) is 9.97 Å². The van der Waals surface area contributed by atoms with Gasteiger partial charge in [0.25, 0.3) is 0 Å². The maximum atomic E-state index is 5.89. The highest BCUT2D eigenvalue weighted by molar-refractivity contribution is 6.29. The summed E-state index contributed by atoms with van der Waals surface area (Å²) in [6, 6.07) is 1.85. The van der Waals surface area contributed by atoms with Crippen LogP contribution in [-0.4, -0.2) is 23.1 Å². The Kier molecular flexibility index (Phi) is 3.57. The standard InChI is InChI=1S/C13H20ClN3/c1-13(2,3)10-4-6-17(7-5-10)12-8-11(14)15-9-16-12/h8-10H,4-7H2,1-3H3. The van der Waals surface area contributed by atoms with Gasteiger partial charge in [0.05, 0.1) is 0 Å². The van der Waals surface area contributed by atoms with E-state index < -0.39 is 0 Å². The monoisotopic (exact) mass is 253 g/mol. The molecule has 4 heteroatoms. The minimum atomic E-state index is 0.412. The second-order valence-corrected chi connectivity index (χ2v) is 6.21. The van der Waals surface area contributed by atoms with Gasteiger partial charge in [-0.3, -0.25) is 0 Å². The number of halogens is 1. The molecule has 0 spiro atoms. The zero-order valence-corrected chi connectivity index (χ0v) is 11.5. The third kappa shape index (κ3) is 3.09. The van der Waals surface area contributed by atoms with Crippen molar-refractivity contribution >= 4 is 17.4 Å². The van der Waals surface area contributed by atoms with Gasteiger partial charge in [-0.05, 0) is 24.2 Å². The molecule has 1 aromatic rings. The Morgan fingerprint density at radius 3 is 2.41 bits per heavy atom. The topological polar surface area (TPSA) is 29.0 Å². The normalized spacial score (nSPS) is 18.5. The van der Waals surface area contributed by atoms with Crippen molar-refractivity contribution < 1.29 is 0 Å². The van der Waals surface area contributed by atoms with Crippen molar-refractivity contribution in [2.24, 2.45) is 11.3 Å². The Labute approximate surface area is 108 Å². The lowest BCUT2D eigenvalue weighted by Gasteiger charge is -2.39. The van der Waals surface area contributed by atoms with E-state index in [0.29, 0.717) is 10.6 Å². The van der Waals surface area contributed by atoms with E-state index >= 15 is 0 Å². The lowest BCUT2D eigenvalue weighted by atomic mass is 9.75. The van der Waals surface area contributed by atoms with Crippen molar-refractivity contribution in [2.75, 3.05) is 18.0 Å². The quantitative estimate of drug-likeness (QED) is 0.719. The van der Waals surface area contributed by atoms with Crippen LogP contribution in [0.4, 0.5) is 5.82 Å². The van der Waals surface area contributed by atoms with Crippen LogP contribution < -0.4 is 4.90 Å². The summed E-state index contributed by atoms with van der Waals surface area (Å²) in [7, 11) is 0. The molecule has 0 radical (unpaired) electrons. The first kappa shape index (κ1) is 12.6. The van der Waals surface area contributed by atoms with Crippen molar-refractivity contribution in [1.29, 1.82) is 0 Å². The third-order valence-corrected chi connectivity index (χ3v) is 3.87. The van der Waals surface area contributed by atoms with E-state index in [9.17, 15) is 0 Å². The number of aromatic nitrogens is 2. The molecule has 17 heavy (non-hydrogen) atoms. The molecule has 0 unspecified atom stereocenters. The molecule has 0 N–H and O–H groups in total. The zero-order chi connectivity index (χ0) is 12.5. The summed E-state index contributed by atoms with van der Waals surface area (Å²) in [4.78, 5) is 10.5. The van der Waals surface area contributed by atoms with Crippen LogP contribution in [0.1, 0.15) is 33.6 Å². The average molecular weight is 254 g/mol. The van der Waals surface area contributed by atoms with E-state index in [1.807, 2.05) is 6.07 Å². The summed E-state index contributed by atoms with van der Waals surface area (Å²) < 4.78 is 0. The number of rotatable bonds is 1. The Bertz CT molecular complexity index is 378. The van der Waals surface area contributed by atoms with Crippen molar-refractivity contribution in [2.45, 2.75) is 33.6 Å². The van der Waals surface area contributed by atoms with Crippen LogP contribution >= 0.6 is 11.6 Å². The lowest BCUT2D eigenvalue weighted by molar-refractivity contribution is 0.198. The molecule has 0 atom stereocenters. The van der Waals surface area contributed by atoms with Crippen molar-refractivity contribution in [3.05, 3.63) is 17.5 Å². The van der Waals surface area contributed by atoms with E-state index in [1.165, 1.54) is 19.2 Å². The van der Waals surface area contributed by atoms with Crippen LogP contribution in [0.2, 0.25) is 5.15 Å². The minimum absolute atomic E-state index is 0.412. The Morgan fingerprint density at radius 2 is 1.88 bits per heavy atom. The lowest BCUT2D eigenvalue weighted by Crippen LogP contribution is -2.38. The zero-order valence-electron chi connectivity index (χ0n) is 10.8. The first-order chi connectivity index (χ1) is 7.97. The van der Waals surface area contributed by atoms with Crippen molar-refractivity contribution in [3.63, 3.8) is 0 Å². The molecule has 0 aliphatic carbocycles. The first-order valence-electron chi connectivity index (χ1n) is 6.19. The molecule has 1 aliphatic rings. The first-order valence-corrected chi connectivity index (χ1v) is 6.57. The fourth-order valence-corrected chi connectivity index (χ4v) is 2.61. The number of nitrogens with zero attached hydrogens (tertiary/aromatic N) is 3. The van der Waals surface area contributed by atoms with Gasteiger partial charge in [0.1, 0.15) is 17.3 Å². The number of hydrogen-bond donors (Lipinski definition) is 0. The highest BCUT2D eigenvalue weighted by atomic mass is 35.5. The molecule has 2 rings (SSSR count). The van der Waals surface area contributed by atoms with Gasteiger partial charge in [0.2, 0.25) is 0 Å². The highest BCUT2D eigenvalue weighted by Gasteiger charge is 2.29. The van der Waals surface area contributed by atoms with Crippen LogP contribution in [0.25, 0.3) is 0 Å². The molecule has 1 saturated heterocycles. The van der Waals surface area contributed by atoms with Crippen molar-refractivity contribution in [3.8, 4) is 0 Å². The number of hydrogen-bond acceptors (Lipinski definition) is 3. The van der Waals surface area contributed by atoms with E-state index in [1.54, 1.807) is 0 Å². The molecule has 0 bridgehead atoms. The summed E-state index contributed by atoms with van der Waals surface area (Å²) in [6.45, 7) is 9.11.